The average Bonchev–Trinajstić information content (AvgIpc) is 2.82. The van der Waals surface area contributed by atoms with Crippen LogP contribution >= 0.6 is 0 Å². The van der Waals surface area contributed by atoms with Crippen molar-refractivity contribution < 1.29 is 4.74 Å². The number of pyridine rings is 1. The molecule has 1 unspecified atom stereocenters. The number of aromatic nitrogens is 3. The van der Waals surface area contributed by atoms with Crippen molar-refractivity contribution in [3.05, 3.63) is 47.5 Å². The van der Waals surface area contributed by atoms with Crippen LogP contribution in [0.5, 0.6) is 5.88 Å². The Morgan fingerprint density at radius 1 is 1.10 bits per heavy atom. The lowest BCUT2D eigenvalue weighted by atomic mass is 10.1. The predicted octanol–water partition coefficient (Wildman–Crippen LogP) is 2.94. The summed E-state index contributed by atoms with van der Waals surface area (Å²) >= 11 is 0. The predicted molar refractivity (Wildman–Crippen MR) is 83.5 cm³/mol. The van der Waals surface area contributed by atoms with E-state index in [-0.39, 0.29) is 6.04 Å². The van der Waals surface area contributed by atoms with Crippen LogP contribution in [0.4, 0.5) is 5.95 Å². The van der Waals surface area contributed by atoms with Crippen LogP contribution < -0.4 is 10.5 Å². The van der Waals surface area contributed by atoms with E-state index in [0.717, 1.165) is 16.7 Å². The fraction of sp³-hybridized carbons (Fsp3) is 0.250. The average molecular weight is 282 g/mol. The number of rotatable bonds is 3. The van der Waals surface area contributed by atoms with Crippen molar-refractivity contribution in [1.82, 2.24) is 14.5 Å². The van der Waals surface area contributed by atoms with Crippen molar-refractivity contribution in [1.29, 1.82) is 0 Å². The Bertz CT molecular complexity index is 777. The van der Waals surface area contributed by atoms with E-state index in [0.29, 0.717) is 11.8 Å². The quantitative estimate of drug-likeness (QED) is 0.802. The van der Waals surface area contributed by atoms with Gasteiger partial charge in [0.25, 0.3) is 0 Å². The standard InChI is InChI=1S/C16H18N4O/c1-10-4-6-12(7-5-10)11(2)20-15-13(18-16(20)17)8-9-14(19-15)21-3/h4-9,11H,1-3H3,(H2,17,18). The molecule has 2 N–H and O–H groups in total. The summed E-state index contributed by atoms with van der Waals surface area (Å²) in [7, 11) is 1.60. The van der Waals surface area contributed by atoms with E-state index in [9.17, 15) is 0 Å². The van der Waals surface area contributed by atoms with Gasteiger partial charge in [0.1, 0.15) is 5.52 Å². The molecule has 108 valence electrons. The topological polar surface area (TPSA) is 66.0 Å². The highest BCUT2D eigenvalue weighted by atomic mass is 16.5. The molecule has 0 bridgehead atoms. The molecule has 1 atom stereocenters. The zero-order chi connectivity index (χ0) is 15.0. The molecule has 0 saturated carbocycles. The van der Waals surface area contributed by atoms with Crippen LogP contribution in [-0.4, -0.2) is 21.6 Å². The maximum atomic E-state index is 6.08. The number of ether oxygens (including phenoxy) is 1. The van der Waals surface area contributed by atoms with Gasteiger partial charge in [0.15, 0.2) is 5.65 Å². The van der Waals surface area contributed by atoms with E-state index in [2.05, 4.69) is 48.1 Å². The van der Waals surface area contributed by atoms with Gasteiger partial charge in [0.2, 0.25) is 11.8 Å². The summed E-state index contributed by atoms with van der Waals surface area (Å²) < 4.78 is 7.13. The Labute approximate surface area is 123 Å². The normalized spacial score (nSPS) is 12.5. The smallest absolute Gasteiger partial charge is 0.215 e. The Kier molecular flexibility index (Phi) is 3.25. The second kappa shape index (κ2) is 5.09. The van der Waals surface area contributed by atoms with Crippen LogP contribution in [0.15, 0.2) is 36.4 Å². The lowest BCUT2D eigenvalue weighted by Crippen LogP contribution is -2.11. The molecule has 0 saturated heterocycles. The number of fused-ring (bicyclic) bond motifs is 1. The third-order valence-electron chi connectivity index (χ3n) is 3.70. The molecule has 0 amide bonds. The van der Waals surface area contributed by atoms with Crippen LogP contribution in [0.1, 0.15) is 24.1 Å². The zero-order valence-corrected chi connectivity index (χ0v) is 12.4. The van der Waals surface area contributed by atoms with Crippen LogP contribution in [0, 0.1) is 6.92 Å². The Morgan fingerprint density at radius 2 is 1.81 bits per heavy atom. The minimum atomic E-state index is 0.0511. The lowest BCUT2D eigenvalue weighted by molar-refractivity contribution is 0.399. The van der Waals surface area contributed by atoms with E-state index in [1.807, 2.05) is 10.6 Å². The minimum absolute atomic E-state index is 0.0511. The van der Waals surface area contributed by atoms with Crippen molar-refractivity contribution in [2.45, 2.75) is 19.9 Å². The van der Waals surface area contributed by atoms with Gasteiger partial charge in [-0.3, -0.25) is 4.57 Å². The summed E-state index contributed by atoms with van der Waals surface area (Å²) in [6.45, 7) is 4.16. The van der Waals surface area contributed by atoms with Crippen molar-refractivity contribution in [3.8, 4) is 5.88 Å². The molecule has 1 aromatic carbocycles. The second-order valence-corrected chi connectivity index (χ2v) is 5.12. The summed E-state index contributed by atoms with van der Waals surface area (Å²) in [6, 6.07) is 12.1. The largest absolute Gasteiger partial charge is 0.481 e. The molecule has 0 radical (unpaired) electrons. The fourth-order valence-electron chi connectivity index (χ4n) is 2.46. The van der Waals surface area contributed by atoms with Gasteiger partial charge < -0.3 is 10.5 Å². The Hall–Kier alpha value is -2.56. The van der Waals surface area contributed by atoms with Gasteiger partial charge in [-0.05, 0) is 25.5 Å². The number of hydrogen-bond donors (Lipinski definition) is 1. The van der Waals surface area contributed by atoms with E-state index < -0.39 is 0 Å². The van der Waals surface area contributed by atoms with Gasteiger partial charge in [-0.25, -0.2) is 4.98 Å². The van der Waals surface area contributed by atoms with Crippen LogP contribution in [0.2, 0.25) is 0 Å². The molecule has 0 fully saturated rings. The Balaban J connectivity index is 2.14. The lowest BCUT2D eigenvalue weighted by Gasteiger charge is -2.16. The molecular weight excluding hydrogens is 264 g/mol. The summed E-state index contributed by atoms with van der Waals surface area (Å²) in [4.78, 5) is 8.85. The number of imidazole rings is 1. The number of methoxy groups -OCH3 is 1. The van der Waals surface area contributed by atoms with Crippen molar-refractivity contribution in [2.75, 3.05) is 12.8 Å². The highest BCUT2D eigenvalue weighted by Gasteiger charge is 2.17. The maximum Gasteiger partial charge on any atom is 0.215 e. The molecule has 2 aromatic heterocycles. The third-order valence-corrected chi connectivity index (χ3v) is 3.70. The molecule has 0 aliphatic rings. The molecular formula is C16H18N4O. The van der Waals surface area contributed by atoms with Gasteiger partial charge in [-0.15, -0.1) is 0 Å². The second-order valence-electron chi connectivity index (χ2n) is 5.12. The number of aryl methyl sites for hydroxylation is 1. The minimum Gasteiger partial charge on any atom is -0.481 e. The van der Waals surface area contributed by atoms with Crippen molar-refractivity contribution in [2.24, 2.45) is 0 Å². The summed E-state index contributed by atoms with van der Waals surface area (Å²) in [5.41, 5.74) is 9.98. The summed E-state index contributed by atoms with van der Waals surface area (Å²) in [5.74, 6) is 1.01. The number of nitrogens with two attached hydrogens (primary N) is 1. The third kappa shape index (κ3) is 2.31. The molecule has 0 spiro atoms. The summed E-state index contributed by atoms with van der Waals surface area (Å²) in [6.07, 6.45) is 0. The fourth-order valence-corrected chi connectivity index (χ4v) is 2.46. The van der Waals surface area contributed by atoms with Crippen LogP contribution in [0.3, 0.4) is 0 Å². The zero-order valence-electron chi connectivity index (χ0n) is 12.4. The molecule has 0 aliphatic carbocycles. The van der Waals surface area contributed by atoms with Crippen LogP contribution in [-0.2, 0) is 0 Å². The summed E-state index contributed by atoms with van der Waals surface area (Å²) in [5, 5.41) is 0. The first-order valence-electron chi connectivity index (χ1n) is 6.85. The SMILES string of the molecule is COc1ccc2nc(N)n(C(C)c3ccc(C)cc3)c2n1. The molecule has 5 heteroatoms. The van der Waals surface area contributed by atoms with Gasteiger partial charge in [-0.2, -0.15) is 4.98 Å². The number of benzene rings is 1. The number of nitrogen functional groups attached to an aromatic ring is 1. The maximum absolute atomic E-state index is 6.08. The van der Waals surface area contributed by atoms with Crippen molar-refractivity contribution in [3.63, 3.8) is 0 Å². The Morgan fingerprint density at radius 3 is 2.48 bits per heavy atom. The molecule has 21 heavy (non-hydrogen) atoms. The number of hydrogen-bond acceptors (Lipinski definition) is 4. The molecule has 0 aliphatic heterocycles. The molecule has 2 heterocycles. The van der Waals surface area contributed by atoms with Crippen LogP contribution in [0.25, 0.3) is 11.2 Å². The highest BCUT2D eigenvalue weighted by Crippen LogP contribution is 2.27. The van der Waals surface area contributed by atoms with Gasteiger partial charge in [-0.1, -0.05) is 29.8 Å². The van der Waals surface area contributed by atoms with Gasteiger partial charge in [0.05, 0.1) is 13.2 Å². The monoisotopic (exact) mass is 282 g/mol. The van der Waals surface area contributed by atoms with E-state index in [1.165, 1.54) is 5.56 Å². The highest BCUT2D eigenvalue weighted by molar-refractivity contribution is 5.75. The van der Waals surface area contributed by atoms with E-state index >= 15 is 0 Å². The van der Waals surface area contributed by atoms with Gasteiger partial charge in [0, 0.05) is 6.07 Å². The first kappa shape index (κ1) is 13.4. The van der Waals surface area contributed by atoms with E-state index in [4.69, 9.17) is 10.5 Å². The molecule has 3 aromatic rings. The van der Waals surface area contributed by atoms with Crippen molar-refractivity contribution >= 4 is 17.1 Å². The van der Waals surface area contributed by atoms with Gasteiger partial charge >= 0.3 is 0 Å². The first-order valence-corrected chi connectivity index (χ1v) is 6.85. The number of nitrogens with zero attached hydrogens (tertiary/aromatic N) is 3. The van der Waals surface area contributed by atoms with E-state index in [1.54, 1.807) is 13.2 Å². The number of anilines is 1. The molecule has 5 nitrogen and oxygen atoms in total. The first-order chi connectivity index (χ1) is 10.1. The molecule has 3 rings (SSSR count).